The second-order valence-corrected chi connectivity index (χ2v) is 7.18. The van der Waals surface area contributed by atoms with Crippen LogP contribution in [0.2, 0.25) is 0 Å². The van der Waals surface area contributed by atoms with Crippen LogP contribution in [0.1, 0.15) is 52.1 Å². The summed E-state index contributed by atoms with van der Waals surface area (Å²) in [5.74, 6) is 2.79. The molecule has 1 aliphatic rings. The molecule has 1 aromatic heterocycles. The molecule has 1 saturated heterocycles. The fraction of sp³-hybridized carbons (Fsp3) is 0.765. The molecular formula is C17H30N4. The highest BCUT2D eigenvalue weighted by molar-refractivity contribution is 5.40. The number of hydrogen-bond donors (Lipinski definition) is 1. The van der Waals surface area contributed by atoms with Crippen LogP contribution in [0, 0.1) is 12.8 Å². The standard InChI is InChI=1S/C17H30N4/c1-6-15-11-16(20-13(2)19-15)21-9-7-14(8-10-21)12-18-17(3,4)5/h11,14,18H,6-10,12H2,1-5H3. The van der Waals surface area contributed by atoms with E-state index in [2.05, 4.69) is 53.9 Å². The minimum absolute atomic E-state index is 0.219. The number of nitrogens with one attached hydrogen (secondary N) is 1. The summed E-state index contributed by atoms with van der Waals surface area (Å²) >= 11 is 0. The fourth-order valence-corrected chi connectivity index (χ4v) is 2.77. The summed E-state index contributed by atoms with van der Waals surface area (Å²) in [5, 5.41) is 3.63. The summed E-state index contributed by atoms with van der Waals surface area (Å²) in [6.45, 7) is 14.2. The number of rotatable bonds is 4. The number of aryl methyl sites for hydroxylation is 2. The minimum Gasteiger partial charge on any atom is -0.356 e. The van der Waals surface area contributed by atoms with E-state index in [1.165, 1.54) is 12.8 Å². The highest BCUT2D eigenvalue weighted by Gasteiger charge is 2.22. The number of anilines is 1. The highest BCUT2D eigenvalue weighted by Crippen LogP contribution is 2.22. The monoisotopic (exact) mass is 290 g/mol. The molecule has 2 heterocycles. The van der Waals surface area contributed by atoms with Gasteiger partial charge in [0.25, 0.3) is 0 Å². The van der Waals surface area contributed by atoms with Crippen molar-refractivity contribution in [3.63, 3.8) is 0 Å². The molecule has 0 saturated carbocycles. The quantitative estimate of drug-likeness (QED) is 0.925. The van der Waals surface area contributed by atoms with Crippen molar-refractivity contribution in [1.29, 1.82) is 0 Å². The van der Waals surface area contributed by atoms with Gasteiger partial charge in [-0.05, 0) is 59.4 Å². The molecule has 4 nitrogen and oxygen atoms in total. The van der Waals surface area contributed by atoms with Gasteiger partial charge in [0.2, 0.25) is 0 Å². The Hall–Kier alpha value is -1.16. The van der Waals surface area contributed by atoms with Gasteiger partial charge >= 0.3 is 0 Å². The number of hydrogen-bond acceptors (Lipinski definition) is 4. The van der Waals surface area contributed by atoms with Crippen LogP contribution in [0.4, 0.5) is 5.82 Å². The van der Waals surface area contributed by atoms with E-state index < -0.39 is 0 Å². The Labute approximate surface area is 129 Å². The van der Waals surface area contributed by atoms with E-state index in [4.69, 9.17) is 0 Å². The zero-order valence-electron chi connectivity index (χ0n) is 14.2. The smallest absolute Gasteiger partial charge is 0.132 e. The van der Waals surface area contributed by atoms with Gasteiger partial charge in [-0.2, -0.15) is 0 Å². The van der Waals surface area contributed by atoms with E-state index >= 15 is 0 Å². The highest BCUT2D eigenvalue weighted by atomic mass is 15.2. The molecule has 0 atom stereocenters. The van der Waals surface area contributed by atoms with E-state index in [1.54, 1.807) is 0 Å². The van der Waals surface area contributed by atoms with E-state index in [0.29, 0.717) is 0 Å². The van der Waals surface area contributed by atoms with Crippen molar-refractivity contribution < 1.29 is 0 Å². The molecule has 0 radical (unpaired) electrons. The second-order valence-electron chi connectivity index (χ2n) is 7.18. The maximum atomic E-state index is 4.61. The van der Waals surface area contributed by atoms with Crippen molar-refractivity contribution >= 4 is 5.82 Å². The average molecular weight is 290 g/mol. The van der Waals surface area contributed by atoms with Gasteiger partial charge in [0.05, 0.1) is 0 Å². The summed E-state index contributed by atoms with van der Waals surface area (Å²) in [6, 6.07) is 2.15. The summed E-state index contributed by atoms with van der Waals surface area (Å²) in [6.07, 6.45) is 3.46. The van der Waals surface area contributed by atoms with Gasteiger partial charge in [0.15, 0.2) is 0 Å². The Morgan fingerprint density at radius 1 is 1.24 bits per heavy atom. The predicted molar refractivity (Wildman–Crippen MR) is 88.8 cm³/mol. The van der Waals surface area contributed by atoms with Crippen LogP contribution in [0.15, 0.2) is 6.07 Å². The van der Waals surface area contributed by atoms with Crippen LogP contribution in [-0.2, 0) is 6.42 Å². The van der Waals surface area contributed by atoms with Crippen LogP contribution in [0.25, 0.3) is 0 Å². The first kappa shape index (κ1) is 16.2. The van der Waals surface area contributed by atoms with E-state index in [1.807, 2.05) is 6.92 Å². The molecule has 0 aromatic carbocycles. The zero-order chi connectivity index (χ0) is 15.5. The second kappa shape index (κ2) is 6.73. The van der Waals surface area contributed by atoms with Crippen LogP contribution >= 0.6 is 0 Å². The first-order valence-electron chi connectivity index (χ1n) is 8.22. The van der Waals surface area contributed by atoms with E-state index in [0.717, 1.165) is 49.3 Å². The third kappa shape index (κ3) is 4.95. The Bertz CT molecular complexity index is 456. The molecule has 21 heavy (non-hydrogen) atoms. The lowest BCUT2D eigenvalue weighted by atomic mass is 9.95. The maximum Gasteiger partial charge on any atom is 0.132 e. The lowest BCUT2D eigenvalue weighted by Gasteiger charge is -2.34. The third-order valence-corrected chi connectivity index (χ3v) is 4.10. The van der Waals surface area contributed by atoms with Crippen molar-refractivity contribution in [2.45, 2.75) is 59.4 Å². The molecule has 0 unspecified atom stereocenters. The number of piperidine rings is 1. The van der Waals surface area contributed by atoms with E-state index in [-0.39, 0.29) is 5.54 Å². The first-order valence-corrected chi connectivity index (χ1v) is 8.22. The summed E-state index contributed by atoms with van der Waals surface area (Å²) in [4.78, 5) is 11.5. The molecule has 118 valence electrons. The minimum atomic E-state index is 0.219. The lowest BCUT2D eigenvalue weighted by molar-refractivity contribution is 0.328. The van der Waals surface area contributed by atoms with Crippen molar-refractivity contribution in [2.75, 3.05) is 24.5 Å². The maximum absolute atomic E-state index is 4.61. The van der Waals surface area contributed by atoms with Crippen LogP contribution in [-0.4, -0.2) is 35.1 Å². The molecule has 2 rings (SSSR count). The topological polar surface area (TPSA) is 41.0 Å². The Balaban J connectivity index is 1.90. The molecule has 0 aliphatic carbocycles. The molecule has 4 heteroatoms. The molecule has 0 spiro atoms. The van der Waals surface area contributed by atoms with Gasteiger partial charge in [0.1, 0.15) is 11.6 Å². The van der Waals surface area contributed by atoms with Gasteiger partial charge in [-0.15, -0.1) is 0 Å². The lowest BCUT2D eigenvalue weighted by Crippen LogP contribution is -2.43. The van der Waals surface area contributed by atoms with Gasteiger partial charge in [-0.25, -0.2) is 9.97 Å². The summed E-state index contributed by atoms with van der Waals surface area (Å²) in [7, 11) is 0. The third-order valence-electron chi connectivity index (χ3n) is 4.10. The summed E-state index contributed by atoms with van der Waals surface area (Å²) in [5.41, 5.74) is 1.37. The van der Waals surface area contributed by atoms with Crippen molar-refractivity contribution in [2.24, 2.45) is 5.92 Å². The van der Waals surface area contributed by atoms with Crippen molar-refractivity contribution in [3.8, 4) is 0 Å². The van der Waals surface area contributed by atoms with Gasteiger partial charge < -0.3 is 10.2 Å². The molecule has 0 amide bonds. The zero-order valence-corrected chi connectivity index (χ0v) is 14.2. The molecular weight excluding hydrogens is 260 g/mol. The Morgan fingerprint density at radius 3 is 2.48 bits per heavy atom. The predicted octanol–water partition coefficient (Wildman–Crippen LogP) is 2.95. The van der Waals surface area contributed by atoms with Gasteiger partial charge in [-0.1, -0.05) is 6.92 Å². The first-order chi connectivity index (χ1) is 9.87. The van der Waals surface area contributed by atoms with Gasteiger partial charge in [-0.3, -0.25) is 0 Å². The SMILES string of the molecule is CCc1cc(N2CCC(CNC(C)(C)C)CC2)nc(C)n1. The van der Waals surface area contributed by atoms with Crippen molar-refractivity contribution in [3.05, 3.63) is 17.6 Å². The Kier molecular flexibility index (Phi) is 5.20. The normalized spacial score (nSPS) is 17.3. The largest absolute Gasteiger partial charge is 0.356 e. The summed E-state index contributed by atoms with van der Waals surface area (Å²) < 4.78 is 0. The molecule has 1 fully saturated rings. The fourth-order valence-electron chi connectivity index (χ4n) is 2.77. The molecule has 1 aromatic rings. The molecule has 1 aliphatic heterocycles. The molecule has 1 N–H and O–H groups in total. The van der Waals surface area contributed by atoms with Gasteiger partial charge in [0, 0.05) is 30.4 Å². The Morgan fingerprint density at radius 2 is 1.90 bits per heavy atom. The van der Waals surface area contributed by atoms with Crippen LogP contribution in [0.3, 0.4) is 0 Å². The van der Waals surface area contributed by atoms with Crippen LogP contribution < -0.4 is 10.2 Å². The van der Waals surface area contributed by atoms with Crippen molar-refractivity contribution in [1.82, 2.24) is 15.3 Å². The number of aromatic nitrogens is 2. The number of nitrogens with zero attached hydrogens (tertiary/aromatic N) is 3. The van der Waals surface area contributed by atoms with Crippen LogP contribution in [0.5, 0.6) is 0 Å². The van der Waals surface area contributed by atoms with E-state index in [9.17, 15) is 0 Å². The molecule has 0 bridgehead atoms. The average Bonchev–Trinajstić information content (AvgIpc) is 2.44.